The van der Waals surface area contributed by atoms with E-state index >= 15 is 0 Å². The van der Waals surface area contributed by atoms with Gasteiger partial charge in [0.15, 0.2) is 0 Å². The van der Waals surface area contributed by atoms with Crippen LogP contribution in [-0.4, -0.2) is 0 Å². The summed E-state index contributed by atoms with van der Waals surface area (Å²) in [6.45, 7) is 2.48. The van der Waals surface area contributed by atoms with Crippen LogP contribution in [0.2, 0.25) is 0 Å². The van der Waals surface area contributed by atoms with Crippen LogP contribution in [-0.2, 0) is 6.54 Å². The van der Waals surface area contributed by atoms with Crippen LogP contribution >= 0.6 is 27.3 Å². The number of benzene rings is 1. The van der Waals surface area contributed by atoms with Gasteiger partial charge in [-0.15, -0.1) is 11.3 Å². The second-order valence-electron chi connectivity index (χ2n) is 3.52. The summed E-state index contributed by atoms with van der Waals surface area (Å²) in [5.41, 5.74) is 1.48. The molecule has 1 aromatic heterocycles. The third-order valence-corrected chi connectivity index (χ3v) is 3.89. The zero-order chi connectivity index (χ0) is 11.5. The molecule has 0 saturated heterocycles. The van der Waals surface area contributed by atoms with E-state index in [1.807, 2.05) is 18.2 Å². The average molecular weight is 300 g/mol. The van der Waals surface area contributed by atoms with Gasteiger partial charge in [0.2, 0.25) is 0 Å². The normalized spacial score (nSPS) is 10.4. The first-order valence-corrected chi connectivity index (χ1v) is 6.50. The lowest BCUT2D eigenvalue weighted by atomic mass is 10.2. The standard InChI is InChI=1S/C12H11BrFNS/c1-8-2-3-9(6-11(8)14)15-7-10-4-5-12(13)16-10/h2-6,15H,7H2,1H3. The van der Waals surface area contributed by atoms with Crippen molar-refractivity contribution in [2.24, 2.45) is 0 Å². The van der Waals surface area contributed by atoms with Gasteiger partial charge in [0.25, 0.3) is 0 Å². The highest BCUT2D eigenvalue weighted by Gasteiger charge is 2.00. The van der Waals surface area contributed by atoms with Crippen molar-refractivity contribution in [1.82, 2.24) is 0 Å². The van der Waals surface area contributed by atoms with Crippen molar-refractivity contribution < 1.29 is 4.39 Å². The number of hydrogen-bond donors (Lipinski definition) is 1. The number of halogens is 2. The molecule has 1 nitrogen and oxygen atoms in total. The predicted molar refractivity (Wildman–Crippen MR) is 70.5 cm³/mol. The van der Waals surface area contributed by atoms with Gasteiger partial charge in [0.1, 0.15) is 5.82 Å². The molecule has 4 heteroatoms. The fourth-order valence-electron chi connectivity index (χ4n) is 1.34. The van der Waals surface area contributed by atoms with Crippen LogP contribution < -0.4 is 5.32 Å². The lowest BCUT2D eigenvalue weighted by Gasteiger charge is -2.05. The first-order chi connectivity index (χ1) is 7.65. The van der Waals surface area contributed by atoms with Crippen molar-refractivity contribution in [2.45, 2.75) is 13.5 Å². The molecule has 0 amide bonds. The molecule has 0 unspecified atom stereocenters. The maximum Gasteiger partial charge on any atom is 0.128 e. The summed E-state index contributed by atoms with van der Waals surface area (Å²) in [5.74, 6) is -0.169. The highest BCUT2D eigenvalue weighted by molar-refractivity contribution is 9.11. The van der Waals surface area contributed by atoms with E-state index in [0.717, 1.165) is 16.0 Å². The summed E-state index contributed by atoms with van der Waals surface area (Å²) in [5, 5.41) is 3.19. The Kier molecular flexibility index (Phi) is 3.61. The summed E-state index contributed by atoms with van der Waals surface area (Å²) in [7, 11) is 0. The van der Waals surface area contributed by atoms with E-state index in [-0.39, 0.29) is 5.82 Å². The molecule has 0 saturated carbocycles. The van der Waals surface area contributed by atoms with E-state index in [1.54, 1.807) is 24.3 Å². The molecule has 84 valence electrons. The van der Waals surface area contributed by atoms with Crippen LogP contribution in [0.25, 0.3) is 0 Å². The number of thiophene rings is 1. The van der Waals surface area contributed by atoms with Gasteiger partial charge in [-0.05, 0) is 52.7 Å². The van der Waals surface area contributed by atoms with Crippen molar-refractivity contribution in [3.63, 3.8) is 0 Å². The van der Waals surface area contributed by atoms with Crippen LogP contribution in [0.15, 0.2) is 34.1 Å². The maximum atomic E-state index is 13.3. The first kappa shape index (κ1) is 11.6. The Hall–Kier alpha value is -0.870. The van der Waals surface area contributed by atoms with Crippen molar-refractivity contribution >= 4 is 33.0 Å². The highest BCUT2D eigenvalue weighted by Crippen LogP contribution is 2.23. The van der Waals surface area contributed by atoms with E-state index < -0.39 is 0 Å². The Bertz CT molecular complexity index is 496. The number of hydrogen-bond acceptors (Lipinski definition) is 2. The third kappa shape index (κ3) is 2.83. The van der Waals surface area contributed by atoms with Crippen LogP contribution in [0.1, 0.15) is 10.4 Å². The zero-order valence-corrected chi connectivity index (χ0v) is 11.2. The summed E-state index contributed by atoms with van der Waals surface area (Å²) >= 11 is 5.09. The van der Waals surface area contributed by atoms with Gasteiger partial charge in [-0.2, -0.15) is 0 Å². The first-order valence-electron chi connectivity index (χ1n) is 4.89. The molecule has 0 aliphatic carbocycles. The minimum atomic E-state index is -0.169. The SMILES string of the molecule is Cc1ccc(NCc2ccc(Br)s2)cc1F. The van der Waals surface area contributed by atoms with Crippen LogP contribution in [0.3, 0.4) is 0 Å². The van der Waals surface area contributed by atoms with E-state index in [2.05, 4.69) is 21.2 Å². The van der Waals surface area contributed by atoms with Crippen LogP contribution in [0.4, 0.5) is 10.1 Å². The molecule has 1 aromatic carbocycles. The van der Waals surface area contributed by atoms with Crippen molar-refractivity contribution in [3.05, 3.63) is 50.4 Å². The molecule has 16 heavy (non-hydrogen) atoms. The molecule has 2 aromatic rings. The molecule has 0 radical (unpaired) electrons. The Labute approximate surface area is 106 Å². The summed E-state index contributed by atoms with van der Waals surface area (Å²) < 4.78 is 14.4. The van der Waals surface area contributed by atoms with Gasteiger partial charge in [0.05, 0.1) is 3.79 Å². The largest absolute Gasteiger partial charge is 0.380 e. The molecule has 0 bridgehead atoms. The van der Waals surface area contributed by atoms with E-state index in [1.165, 1.54) is 10.9 Å². The highest BCUT2D eigenvalue weighted by atomic mass is 79.9. The number of nitrogens with one attached hydrogen (secondary N) is 1. The number of aryl methyl sites for hydroxylation is 1. The van der Waals surface area contributed by atoms with Crippen molar-refractivity contribution in [3.8, 4) is 0 Å². The molecule has 0 aliphatic rings. The summed E-state index contributed by atoms with van der Waals surface area (Å²) in [4.78, 5) is 1.22. The third-order valence-electron chi connectivity index (χ3n) is 2.27. The lowest BCUT2D eigenvalue weighted by molar-refractivity contribution is 0.619. The topological polar surface area (TPSA) is 12.0 Å². The van der Waals surface area contributed by atoms with Crippen LogP contribution in [0, 0.1) is 12.7 Å². The van der Waals surface area contributed by atoms with Gasteiger partial charge < -0.3 is 5.32 Å². The average Bonchev–Trinajstić information content (AvgIpc) is 2.66. The Morgan fingerprint density at radius 1 is 1.31 bits per heavy atom. The predicted octanol–water partition coefficient (Wildman–Crippen LogP) is 4.57. The smallest absolute Gasteiger partial charge is 0.128 e. The number of anilines is 1. The molecule has 0 aliphatic heterocycles. The van der Waals surface area contributed by atoms with E-state index in [9.17, 15) is 4.39 Å². The molecule has 0 fully saturated rings. The van der Waals surface area contributed by atoms with E-state index in [0.29, 0.717) is 5.56 Å². The number of rotatable bonds is 3. The molecule has 1 heterocycles. The maximum absolute atomic E-state index is 13.3. The van der Waals surface area contributed by atoms with E-state index in [4.69, 9.17) is 0 Å². The molecular weight excluding hydrogens is 289 g/mol. The van der Waals surface area contributed by atoms with Crippen LogP contribution in [0.5, 0.6) is 0 Å². The van der Waals surface area contributed by atoms with Gasteiger partial charge in [0, 0.05) is 17.1 Å². The van der Waals surface area contributed by atoms with Gasteiger partial charge in [-0.25, -0.2) is 4.39 Å². The molecule has 0 atom stereocenters. The van der Waals surface area contributed by atoms with Gasteiger partial charge in [-0.3, -0.25) is 0 Å². The molecule has 2 rings (SSSR count). The minimum absolute atomic E-state index is 0.169. The Morgan fingerprint density at radius 3 is 2.75 bits per heavy atom. The fourth-order valence-corrected chi connectivity index (χ4v) is 2.76. The summed E-state index contributed by atoms with van der Waals surface area (Å²) in [6, 6.07) is 9.25. The summed E-state index contributed by atoms with van der Waals surface area (Å²) in [6.07, 6.45) is 0. The van der Waals surface area contributed by atoms with Gasteiger partial charge >= 0.3 is 0 Å². The van der Waals surface area contributed by atoms with Crippen molar-refractivity contribution in [2.75, 3.05) is 5.32 Å². The molecule has 0 spiro atoms. The fraction of sp³-hybridized carbons (Fsp3) is 0.167. The second kappa shape index (κ2) is 4.97. The quantitative estimate of drug-likeness (QED) is 0.875. The Balaban J connectivity index is 2.02. The van der Waals surface area contributed by atoms with Crippen molar-refractivity contribution in [1.29, 1.82) is 0 Å². The zero-order valence-electron chi connectivity index (χ0n) is 8.76. The molecule has 1 N–H and O–H groups in total. The monoisotopic (exact) mass is 299 g/mol. The van der Waals surface area contributed by atoms with Gasteiger partial charge in [-0.1, -0.05) is 6.07 Å². The lowest BCUT2D eigenvalue weighted by Crippen LogP contribution is -1.98. The molecular formula is C12H11BrFNS. The second-order valence-corrected chi connectivity index (χ2v) is 6.07. The Morgan fingerprint density at radius 2 is 2.12 bits per heavy atom. The minimum Gasteiger partial charge on any atom is -0.380 e.